The zero-order chi connectivity index (χ0) is 27.2. The maximum atomic E-state index is 10.6. The largest absolute Gasteiger partial charge is 0.393 e. The lowest BCUT2D eigenvalue weighted by atomic mass is 9.86. The highest BCUT2D eigenvalue weighted by atomic mass is 16.3. The van der Waals surface area contributed by atoms with Gasteiger partial charge in [0.1, 0.15) is 0 Å². The Kier molecular flexibility index (Phi) is 30.5. The number of aliphatic hydroxyl groups is 1. The van der Waals surface area contributed by atoms with E-state index in [9.17, 15) is 5.11 Å². The van der Waals surface area contributed by atoms with Crippen molar-refractivity contribution in [2.75, 3.05) is 0 Å². The first-order valence-corrected chi connectivity index (χ1v) is 17.8. The lowest BCUT2D eigenvalue weighted by molar-refractivity contribution is 0.121. The van der Waals surface area contributed by atoms with E-state index in [-0.39, 0.29) is 6.10 Å². The van der Waals surface area contributed by atoms with E-state index in [0.717, 1.165) is 24.7 Å². The Morgan fingerprint density at radius 3 is 1.08 bits per heavy atom. The van der Waals surface area contributed by atoms with E-state index in [4.69, 9.17) is 0 Å². The van der Waals surface area contributed by atoms with Crippen LogP contribution in [0.15, 0.2) is 0 Å². The first-order chi connectivity index (χ1) is 18.1. The van der Waals surface area contributed by atoms with E-state index in [0.29, 0.717) is 0 Å². The van der Waals surface area contributed by atoms with Gasteiger partial charge in [0.05, 0.1) is 6.10 Å². The van der Waals surface area contributed by atoms with Gasteiger partial charge in [-0.05, 0) is 31.1 Å². The molecule has 0 radical (unpaired) electrons. The van der Waals surface area contributed by atoms with Crippen LogP contribution in [0, 0.1) is 11.8 Å². The number of rotatable bonds is 31. The molecule has 0 aliphatic rings. The summed E-state index contributed by atoms with van der Waals surface area (Å²) >= 11 is 0. The lowest BCUT2D eigenvalue weighted by Crippen LogP contribution is -2.15. The van der Waals surface area contributed by atoms with Crippen LogP contribution in [0.3, 0.4) is 0 Å². The fourth-order valence-electron chi connectivity index (χ4n) is 6.17. The maximum absolute atomic E-state index is 10.6. The standard InChI is InChI=1S/C36H74O/c1-5-8-10-12-14-16-18-20-22-24-26-28-30-34(4)32-35(7-3)33-36(37)31-29-27-25-23-21-19-17-15-13-11-9-6-2/h34-37H,5-33H2,1-4H3. The highest BCUT2D eigenvalue weighted by Gasteiger charge is 2.16. The summed E-state index contributed by atoms with van der Waals surface area (Å²) in [6.45, 7) is 9.38. The van der Waals surface area contributed by atoms with Gasteiger partial charge in [0.25, 0.3) is 0 Å². The summed E-state index contributed by atoms with van der Waals surface area (Å²) in [5, 5.41) is 10.6. The van der Waals surface area contributed by atoms with Crippen LogP contribution >= 0.6 is 0 Å². The second-order valence-electron chi connectivity index (χ2n) is 12.9. The van der Waals surface area contributed by atoms with Crippen LogP contribution in [0.25, 0.3) is 0 Å². The first kappa shape index (κ1) is 37.0. The van der Waals surface area contributed by atoms with Crippen LogP contribution in [-0.4, -0.2) is 11.2 Å². The summed E-state index contributed by atoms with van der Waals surface area (Å²) in [6.07, 6.45) is 40.0. The molecule has 0 rings (SSSR count). The number of hydrogen-bond donors (Lipinski definition) is 1. The fraction of sp³-hybridized carbons (Fsp3) is 1.00. The normalized spacial score (nSPS) is 14.2. The predicted octanol–water partition coefficient (Wildman–Crippen LogP) is 13.0. The van der Waals surface area contributed by atoms with Crippen molar-refractivity contribution in [2.24, 2.45) is 11.8 Å². The average Bonchev–Trinajstić information content (AvgIpc) is 2.89. The van der Waals surface area contributed by atoms with Crippen molar-refractivity contribution in [3.63, 3.8) is 0 Å². The molecule has 0 bridgehead atoms. The SMILES string of the molecule is CCCCCCCCCCCCCCC(C)CC(CC)CC(O)CCCCCCCCCCCCCC. The first-order valence-electron chi connectivity index (χ1n) is 17.8. The molecule has 0 aliphatic heterocycles. The van der Waals surface area contributed by atoms with Gasteiger partial charge < -0.3 is 5.11 Å². The Bertz CT molecular complexity index is 369. The van der Waals surface area contributed by atoms with E-state index in [2.05, 4.69) is 27.7 Å². The van der Waals surface area contributed by atoms with E-state index >= 15 is 0 Å². The molecular weight excluding hydrogens is 448 g/mol. The van der Waals surface area contributed by atoms with Crippen molar-refractivity contribution in [3.05, 3.63) is 0 Å². The zero-order valence-electron chi connectivity index (χ0n) is 26.7. The minimum atomic E-state index is -0.0630. The van der Waals surface area contributed by atoms with Crippen molar-refractivity contribution in [1.82, 2.24) is 0 Å². The molecule has 0 aromatic carbocycles. The van der Waals surface area contributed by atoms with E-state index in [1.165, 1.54) is 173 Å². The monoisotopic (exact) mass is 523 g/mol. The fourth-order valence-corrected chi connectivity index (χ4v) is 6.17. The second kappa shape index (κ2) is 30.5. The third kappa shape index (κ3) is 28.8. The smallest absolute Gasteiger partial charge is 0.0542 e. The molecule has 0 spiro atoms. The molecule has 224 valence electrons. The minimum absolute atomic E-state index is 0.0630. The summed E-state index contributed by atoms with van der Waals surface area (Å²) in [5.41, 5.74) is 0. The van der Waals surface area contributed by atoms with E-state index < -0.39 is 0 Å². The van der Waals surface area contributed by atoms with Crippen molar-refractivity contribution < 1.29 is 5.11 Å². The van der Waals surface area contributed by atoms with Gasteiger partial charge in [0.15, 0.2) is 0 Å². The Morgan fingerprint density at radius 1 is 0.405 bits per heavy atom. The van der Waals surface area contributed by atoms with Crippen molar-refractivity contribution >= 4 is 0 Å². The lowest BCUT2D eigenvalue weighted by Gasteiger charge is -2.22. The summed E-state index contributed by atoms with van der Waals surface area (Å²) in [7, 11) is 0. The molecule has 1 N–H and O–H groups in total. The molecule has 3 atom stereocenters. The van der Waals surface area contributed by atoms with Crippen molar-refractivity contribution in [1.29, 1.82) is 0 Å². The van der Waals surface area contributed by atoms with Crippen LogP contribution in [0.4, 0.5) is 0 Å². The van der Waals surface area contributed by atoms with Gasteiger partial charge >= 0.3 is 0 Å². The van der Waals surface area contributed by atoms with Gasteiger partial charge in [-0.25, -0.2) is 0 Å². The molecule has 0 aliphatic carbocycles. The third-order valence-corrected chi connectivity index (χ3v) is 8.86. The summed E-state index contributed by atoms with van der Waals surface area (Å²) < 4.78 is 0. The molecule has 0 saturated carbocycles. The number of unbranched alkanes of at least 4 members (excludes halogenated alkanes) is 22. The Morgan fingerprint density at radius 2 is 0.730 bits per heavy atom. The molecule has 0 fully saturated rings. The maximum Gasteiger partial charge on any atom is 0.0542 e. The van der Waals surface area contributed by atoms with Crippen LogP contribution in [0.2, 0.25) is 0 Å². The highest BCUT2D eigenvalue weighted by Crippen LogP contribution is 2.26. The van der Waals surface area contributed by atoms with Gasteiger partial charge in [-0.1, -0.05) is 195 Å². The van der Waals surface area contributed by atoms with E-state index in [1.54, 1.807) is 0 Å². The number of hydrogen-bond acceptors (Lipinski definition) is 1. The molecule has 0 amide bonds. The predicted molar refractivity (Wildman–Crippen MR) is 170 cm³/mol. The van der Waals surface area contributed by atoms with Gasteiger partial charge in [-0.3, -0.25) is 0 Å². The van der Waals surface area contributed by atoms with Gasteiger partial charge in [-0.2, -0.15) is 0 Å². The van der Waals surface area contributed by atoms with Crippen LogP contribution in [-0.2, 0) is 0 Å². The quantitative estimate of drug-likeness (QED) is 0.0897. The molecule has 1 nitrogen and oxygen atoms in total. The molecule has 0 heterocycles. The average molecular weight is 523 g/mol. The van der Waals surface area contributed by atoms with Crippen LogP contribution in [0.1, 0.15) is 214 Å². The topological polar surface area (TPSA) is 20.2 Å². The molecule has 0 aromatic heterocycles. The molecular formula is C36H74O. The molecule has 0 saturated heterocycles. The van der Waals surface area contributed by atoms with Gasteiger partial charge in [-0.15, -0.1) is 0 Å². The van der Waals surface area contributed by atoms with Crippen molar-refractivity contribution in [2.45, 2.75) is 220 Å². The Balaban J connectivity index is 3.54. The molecule has 0 aromatic rings. The summed E-state index contributed by atoms with van der Waals surface area (Å²) in [5.74, 6) is 1.55. The van der Waals surface area contributed by atoms with Crippen molar-refractivity contribution in [3.8, 4) is 0 Å². The van der Waals surface area contributed by atoms with E-state index in [1.807, 2.05) is 0 Å². The van der Waals surface area contributed by atoms with Crippen LogP contribution < -0.4 is 0 Å². The second-order valence-corrected chi connectivity index (χ2v) is 12.9. The number of aliphatic hydroxyl groups excluding tert-OH is 1. The molecule has 37 heavy (non-hydrogen) atoms. The summed E-state index contributed by atoms with van der Waals surface area (Å²) in [6, 6.07) is 0. The third-order valence-electron chi connectivity index (χ3n) is 8.86. The molecule has 1 heteroatoms. The molecule has 3 unspecified atom stereocenters. The van der Waals surface area contributed by atoms with Gasteiger partial charge in [0, 0.05) is 0 Å². The summed E-state index contributed by atoms with van der Waals surface area (Å²) in [4.78, 5) is 0. The minimum Gasteiger partial charge on any atom is -0.393 e. The Hall–Kier alpha value is -0.0400. The highest BCUT2D eigenvalue weighted by molar-refractivity contribution is 4.68. The van der Waals surface area contributed by atoms with Crippen LogP contribution in [0.5, 0.6) is 0 Å². The Labute approximate surface area is 236 Å². The van der Waals surface area contributed by atoms with Gasteiger partial charge in [0.2, 0.25) is 0 Å². The zero-order valence-corrected chi connectivity index (χ0v) is 26.7.